The van der Waals surface area contributed by atoms with Gasteiger partial charge in [0.1, 0.15) is 18.5 Å². The molecule has 5 nitrogen and oxygen atoms in total. The standard InChI is InChI=1S/C24H34O5/c1-14(2)8-7-9-15(3)24-20-11-19(13-28-17(5)25)12-21(27)23(20)16(4)10-22(24)29-18(6)26/h8,11-12,15-16,22,24,27H,7,9-10,13H2,1-6H3. The molecule has 2 rings (SSSR count). The molecule has 5 heteroatoms. The number of ether oxygens (including phenoxy) is 2. The molecule has 1 aromatic rings. The van der Waals surface area contributed by atoms with Crippen molar-refractivity contribution in [3.05, 3.63) is 40.5 Å². The first-order valence-electron chi connectivity index (χ1n) is 10.4. The summed E-state index contributed by atoms with van der Waals surface area (Å²) >= 11 is 0. The number of aromatic hydroxyl groups is 1. The van der Waals surface area contributed by atoms with Crippen LogP contribution in [0.3, 0.4) is 0 Å². The van der Waals surface area contributed by atoms with E-state index in [0.717, 1.165) is 29.5 Å². The SMILES string of the molecule is CC(=O)OCc1cc(O)c2c(c1)C(C(C)CCC=C(C)C)C(OC(C)=O)CC2C. The van der Waals surface area contributed by atoms with Gasteiger partial charge >= 0.3 is 11.9 Å². The normalized spacial score (nSPS) is 21.7. The first kappa shape index (κ1) is 23.0. The van der Waals surface area contributed by atoms with Crippen LogP contribution in [0.25, 0.3) is 0 Å². The molecule has 4 atom stereocenters. The van der Waals surface area contributed by atoms with Gasteiger partial charge in [-0.15, -0.1) is 0 Å². The van der Waals surface area contributed by atoms with Gasteiger partial charge < -0.3 is 14.6 Å². The van der Waals surface area contributed by atoms with Crippen molar-refractivity contribution in [2.45, 2.75) is 85.4 Å². The van der Waals surface area contributed by atoms with Crippen molar-refractivity contribution in [2.75, 3.05) is 0 Å². The molecule has 0 bridgehead atoms. The lowest BCUT2D eigenvalue weighted by Crippen LogP contribution is -2.35. The molecule has 0 aliphatic heterocycles. The van der Waals surface area contributed by atoms with Gasteiger partial charge in [0.15, 0.2) is 0 Å². The Labute approximate surface area is 174 Å². The second-order valence-electron chi connectivity index (χ2n) is 8.54. The Hall–Kier alpha value is -2.30. The third kappa shape index (κ3) is 6.09. The van der Waals surface area contributed by atoms with E-state index in [9.17, 15) is 14.7 Å². The third-order valence-electron chi connectivity index (χ3n) is 5.64. The average molecular weight is 403 g/mol. The zero-order chi connectivity index (χ0) is 21.7. The zero-order valence-electron chi connectivity index (χ0n) is 18.5. The Kier molecular flexibility index (Phi) is 7.88. The summed E-state index contributed by atoms with van der Waals surface area (Å²) in [4.78, 5) is 23.0. The van der Waals surface area contributed by atoms with Gasteiger partial charge in [0, 0.05) is 25.3 Å². The monoisotopic (exact) mass is 402 g/mol. The van der Waals surface area contributed by atoms with E-state index in [0.29, 0.717) is 6.42 Å². The first-order chi connectivity index (χ1) is 13.6. The molecule has 0 saturated carbocycles. The summed E-state index contributed by atoms with van der Waals surface area (Å²) in [5, 5.41) is 10.7. The summed E-state index contributed by atoms with van der Waals surface area (Å²) in [6.07, 6.45) is 4.58. The van der Waals surface area contributed by atoms with Gasteiger partial charge in [-0.2, -0.15) is 0 Å². The van der Waals surface area contributed by atoms with E-state index in [1.165, 1.54) is 19.4 Å². The fourth-order valence-electron chi connectivity index (χ4n) is 4.44. The van der Waals surface area contributed by atoms with E-state index in [-0.39, 0.29) is 48.2 Å². The molecule has 1 aliphatic carbocycles. The van der Waals surface area contributed by atoms with E-state index in [1.54, 1.807) is 6.07 Å². The molecule has 0 heterocycles. The summed E-state index contributed by atoms with van der Waals surface area (Å²) in [5.74, 6) is -0.117. The van der Waals surface area contributed by atoms with Crippen LogP contribution in [0.1, 0.15) is 89.3 Å². The predicted octanol–water partition coefficient (Wildman–Crippen LogP) is 5.36. The summed E-state index contributed by atoms with van der Waals surface area (Å²) in [5.41, 5.74) is 3.95. The maximum absolute atomic E-state index is 11.8. The number of phenols is 1. The van der Waals surface area contributed by atoms with Gasteiger partial charge in [-0.1, -0.05) is 31.6 Å². The van der Waals surface area contributed by atoms with Gasteiger partial charge in [0.05, 0.1) is 0 Å². The lowest BCUT2D eigenvalue weighted by Gasteiger charge is -2.40. The Bertz CT molecular complexity index is 776. The fraction of sp³-hybridized carbons (Fsp3) is 0.583. The molecule has 1 aromatic carbocycles. The maximum Gasteiger partial charge on any atom is 0.302 e. The Balaban J connectivity index is 2.45. The third-order valence-corrected chi connectivity index (χ3v) is 5.64. The van der Waals surface area contributed by atoms with Crippen molar-refractivity contribution in [1.29, 1.82) is 0 Å². The molecule has 0 aromatic heterocycles. The maximum atomic E-state index is 11.8. The average Bonchev–Trinajstić information content (AvgIpc) is 2.58. The smallest absolute Gasteiger partial charge is 0.302 e. The Morgan fingerprint density at radius 2 is 1.90 bits per heavy atom. The van der Waals surface area contributed by atoms with Gasteiger partial charge in [-0.3, -0.25) is 9.59 Å². The largest absolute Gasteiger partial charge is 0.508 e. The second-order valence-corrected chi connectivity index (χ2v) is 8.54. The summed E-state index contributed by atoms with van der Waals surface area (Å²) in [7, 11) is 0. The summed E-state index contributed by atoms with van der Waals surface area (Å²) < 4.78 is 10.9. The van der Waals surface area contributed by atoms with Crippen molar-refractivity contribution < 1.29 is 24.2 Å². The molecule has 1 aliphatic rings. The van der Waals surface area contributed by atoms with Crippen LogP contribution in [0.2, 0.25) is 0 Å². The van der Waals surface area contributed by atoms with Crippen LogP contribution in [0.15, 0.2) is 23.8 Å². The highest BCUT2D eigenvalue weighted by Gasteiger charge is 2.39. The number of phenolic OH excluding ortho intramolecular Hbond substituents is 1. The number of rotatable bonds is 7. The molecule has 0 spiro atoms. The van der Waals surface area contributed by atoms with Gasteiger partial charge in [-0.05, 0) is 62.1 Å². The highest BCUT2D eigenvalue weighted by atomic mass is 16.5. The number of carbonyl (C=O) groups is 2. The molecule has 0 amide bonds. The number of carbonyl (C=O) groups excluding carboxylic acids is 2. The second kappa shape index (κ2) is 9.95. The van der Waals surface area contributed by atoms with Crippen molar-refractivity contribution in [3.8, 4) is 5.75 Å². The van der Waals surface area contributed by atoms with Gasteiger partial charge in [-0.25, -0.2) is 0 Å². The highest BCUT2D eigenvalue weighted by Crippen LogP contribution is 2.48. The van der Waals surface area contributed by atoms with Crippen LogP contribution < -0.4 is 0 Å². The first-order valence-corrected chi connectivity index (χ1v) is 10.4. The van der Waals surface area contributed by atoms with Gasteiger partial charge in [0.2, 0.25) is 0 Å². The lowest BCUT2D eigenvalue weighted by atomic mass is 9.69. The van der Waals surface area contributed by atoms with Crippen LogP contribution in [-0.2, 0) is 25.7 Å². The summed E-state index contributed by atoms with van der Waals surface area (Å²) in [6.45, 7) is 11.3. The molecular weight excluding hydrogens is 368 g/mol. The molecule has 160 valence electrons. The van der Waals surface area contributed by atoms with Gasteiger partial charge in [0.25, 0.3) is 0 Å². The number of esters is 2. The quantitative estimate of drug-likeness (QED) is 0.491. The van der Waals surface area contributed by atoms with E-state index in [4.69, 9.17) is 9.47 Å². The van der Waals surface area contributed by atoms with Crippen molar-refractivity contribution in [1.82, 2.24) is 0 Å². The number of benzene rings is 1. The molecule has 0 radical (unpaired) electrons. The topological polar surface area (TPSA) is 72.8 Å². The molecule has 0 saturated heterocycles. The summed E-state index contributed by atoms with van der Waals surface area (Å²) in [6, 6.07) is 3.68. The van der Waals surface area contributed by atoms with Crippen LogP contribution in [0, 0.1) is 5.92 Å². The number of allylic oxidation sites excluding steroid dienone is 2. The van der Waals surface area contributed by atoms with E-state index in [1.807, 2.05) is 13.0 Å². The van der Waals surface area contributed by atoms with Crippen molar-refractivity contribution >= 4 is 11.9 Å². The Morgan fingerprint density at radius 1 is 1.21 bits per heavy atom. The number of hydrogen-bond acceptors (Lipinski definition) is 5. The van der Waals surface area contributed by atoms with E-state index < -0.39 is 0 Å². The van der Waals surface area contributed by atoms with E-state index >= 15 is 0 Å². The van der Waals surface area contributed by atoms with Crippen molar-refractivity contribution in [3.63, 3.8) is 0 Å². The molecule has 1 N–H and O–H groups in total. The minimum Gasteiger partial charge on any atom is -0.508 e. The van der Waals surface area contributed by atoms with Crippen LogP contribution >= 0.6 is 0 Å². The number of fused-ring (bicyclic) bond motifs is 1. The molecule has 29 heavy (non-hydrogen) atoms. The lowest BCUT2D eigenvalue weighted by molar-refractivity contribution is -0.149. The predicted molar refractivity (Wildman–Crippen MR) is 113 cm³/mol. The molecular formula is C24H34O5. The molecule has 0 fully saturated rings. The van der Waals surface area contributed by atoms with E-state index in [2.05, 4.69) is 26.8 Å². The minimum absolute atomic E-state index is 0.0150. The van der Waals surface area contributed by atoms with Crippen LogP contribution in [0.5, 0.6) is 5.75 Å². The number of hydrogen-bond donors (Lipinski definition) is 1. The van der Waals surface area contributed by atoms with Crippen LogP contribution in [0.4, 0.5) is 0 Å². The highest BCUT2D eigenvalue weighted by molar-refractivity contribution is 5.67. The fourth-order valence-corrected chi connectivity index (χ4v) is 4.44. The van der Waals surface area contributed by atoms with Crippen LogP contribution in [-0.4, -0.2) is 23.1 Å². The zero-order valence-corrected chi connectivity index (χ0v) is 18.5. The van der Waals surface area contributed by atoms with Crippen molar-refractivity contribution in [2.24, 2.45) is 5.92 Å². The molecule has 4 unspecified atom stereocenters. The minimum atomic E-state index is -0.361. The Morgan fingerprint density at radius 3 is 2.48 bits per heavy atom.